The van der Waals surface area contributed by atoms with Gasteiger partial charge < -0.3 is 9.84 Å². The molecule has 0 spiro atoms. The van der Waals surface area contributed by atoms with E-state index >= 15 is 0 Å². The fourth-order valence-electron chi connectivity index (χ4n) is 1.75. The second-order valence-electron chi connectivity index (χ2n) is 4.25. The second kappa shape index (κ2) is 6.91. The van der Waals surface area contributed by atoms with Gasteiger partial charge in [-0.1, -0.05) is 31.9 Å². The van der Waals surface area contributed by atoms with E-state index in [1.807, 2.05) is 0 Å². The van der Waals surface area contributed by atoms with E-state index in [-0.39, 0.29) is 11.5 Å². The van der Waals surface area contributed by atoms with Gasteiger partial charge in [0.1, 0.15) is 0 Å². The Hall–Kier alpha value is -1.59. The molecule has 3 nitrogen and oxygen atoms in total. The predicted molar refractivity (Wildman–Crippen MR) is 89.9 cm³/mol. The standard InChI is InChI=1S/C16H12Br2O3/c1-21-15-9-13(18)8-11(16(15)20)4-7-14(19)10-2-5-12(17)6-3-10/h2-9,20H,1H3/b7-4+. The van der Waals surface area contributed by atoms with E-state index in [1.165, 1.54) is 13.2 Å². The van der Waals surface area contributed by atoms with Gasteiger partial charge in [-0.3, -0.25) is 4.79 Å². The lowest BCUT2D eigenvalue weighted by atomic mass is 10.1. The summed E-state index contributed by atoms with van der Waals surface area (Å²) in [7, 11) is 1.47. The number of phenolic OH excluding ortho intramolecular Hbond substituents is 1. The maximum absolute atomic E-state index is 12.1. The molecule has 0 saturated carbocycles. The minimum absolute atomic E-state index is 0.000515. The van der Waals surface area contributed by atoms with E-state index in [0.29, 0.717) is 16.9 Å². The van der Waals surface area contributed by atoms with Crippen LogP contribution in [0, 0.1) is 0 Å². The Morgan fingerprint density at radius 3 is 2.43 bits per heavy atom. The molecule has 0 unspecified atom stereocenters. The smallest absolute Gasteiger partial charge is 0.185 e. The monoisotopic (exact) mass is 410 g/mol. The van der Waals surface area contributed by atoms with Crippen LogP contribution < -0.4 is 4.74 Å². The van der Waals surface area contributed by atoms with Crippen LogP contribution >= 0.6 is 31.9 Å². The van der Waals surface area contributed by atoms with Crippen molar-refractivity contribution < 1.29 is 14.6 Å². The third-order valence-corrected chi connectivity index (χ3v) is 3.82. The lowest BCUT2D eigenvalue weighted by molar-refractivity contribution is 0.104. The fraction of sp³-hybridized carbons (Fsp3) is 0.0625. The minimum atomic E-state index is -0.138. The number of hydrogen-bond donors (Lipinski definition) is 1. The highest BCUT2D eigenvalue weighted by molar-refractivity contribution is 9.10. The minimum Gasteiger partial charge on any atom is -0.504 e. The van der Waals surface area contributed by atoms with Crippen LogP contribution in [0.1, 0.15) is 15.9 Å². The molecule has 0 amide bonds. The van der Waals surface area contributed by atoms with Crippen molar-refractivity contribution in [3.8, 4) is 11.5 Å². The van der Waals surface area contributed by atoms with Crippen molar-refractivity contribution in [2.45, 2.75) is 0 Å². The van der Waals surface area contributed by atoms with Crippen LogP contribution in [0.25, 0.3) is 6.08 Å². The Morgan fingerprint density at radius 1 is 1.14 bits per heavy atom. The summed E-state index contributed by atoms with van der Waals surface area (Å²) < 4.78 is 6.74. The number of aromatic hydroxyl groups is 1. The zero-order chi connectivity index (χ0) is 15.4. The molecule has 5 heteroatoms. The van der Waals surface area contributed by atoms with Gasteiger partial charge in [-0.15, -0.1) is 0 Å². The van der Waals surface area contributed by atoms with Crippen LogP contribution in [0.4, 0.5) is 0 Å². The quantitative estimate of drug-likeness (QED) is 0.579. The molecular weight excluding hydrogens is 400 g/mol. The molecule has 0 saturated heterocycles. The summed E-state index contributed by atoms with van der Waals surface area (Å²) in [6.07, 6.45) is 2.98. The normalized spacial score (nSPS) is 10.8. The highest BCUT2D eigenvalue weighted by atomic mass is 79.9. The van der Waals surface area contributed by atoms with Gasteiger partial charge in [0.15, 0.2) is 17.3 Å². The van der Waals surface area contributed by atoms with E-state index < -0.39 is 0 Å². The zero-order valence-electron chi connectivity index (χ0n) is 11.1. The number of methoxy groups -OCH3 is 1. The number of carbonyl (C=O) groups excluding carboxylic acids is 1. The van der Waals surface area contributed by atoms with Crippen molar-refractivity contribution in [3.05, 3.63) is 62.5 Å². The number of carbonyl (C=O) groups is 1. The molecule has 2 rings (SSSR count). The number of ketones is 1. The molecule has 21 heavy (non-hydrogen) atoms. The van der Waals surface area contributed by atoms with Crippen molar-refractivity contribution in [1.29, 1.82) is 0 Å². The van der Waals surface area contributed by atoms with E-state index in [2.05, 4.69) is 31.9 Å². The molecule has 2 aromatic rings. The molecule has 0 aromatic heterocycles. The van der Waals surface area contributed by atoms with E-state index in [4.69, 9.17) is 4.74 Å². The summed E-state index contributed by atoms with van der Waals surface area (Å²) >= 11 is 6.65. The Bertz CT molecular complexity index is 691. The van der Waals surface area contributed by atoms with Gasteiger partial charge in [-0.2, -0.15) is 0 Å². The maximum atomic E-state index is 12.1. The van der Waals surface area contributed by atoms with Gasteiger partial charge in [0.2, 0.25) is 0 Å². The van der Waals surface area contributed by atoms with Crippen LogP contribution in [-0.4, -0.2) is 18.0 Å². The van der Waals surface area contributed by atoms with Gasteiger partial charge in [-0.25, -0.2) is 0 Å². The van der Waals surface area contributed by atoms with Crippen LogP contribution in [0.15, 0.2) is 51.4 Å². The Kier molecular flexibility index (Phi) is 5.20. The van der Waals surface area contributed by atoms with Gasteiger partial charge in [0.25, 0.3) is 0 Å². The lowest BCUT2D eigenvalue weighted by Gasteiger charge is -2.07. The largest absolute Gasteiger partial charge is 0.504 e. The first-order valence-electron chi connectivity index (χ1n) is 6.05. The summed E-state index contributed by atoms with van der Waals surface area (Å²) in [5.41, 5.74) is 1.09. The third kappa shape index (κ3) is 3.95. The fourth-order valence-corrected chi connectivity index (χ4v) is 2.47. The van der Waals surface area contributed by atoms with Crippen LogP contribution in [0.2, 0.25) is 0 Å². The van der Waals surface area contributed by atoms with E-state index in [9.17, 15) is 9.90 Å². The van der Waals surface area contributed by atoms with E-state index in [0.717, 1.165) is 8.95 Å². The number of phenols is 1. The molecule has 0 aliphatic rings. The molecule has 2 aromatic carbocycles. The van der Waals surface area contributed by atoms with Gasteiger partial charge in [0, 0.05) is 20.1 Å². The first-order chi connectivity index (χ1) is 10.0. The Morgan fingerprint density at radius 2 is 1.81 bits per heavy atom. The Labute approximate surface area is 139 Å². The average molecular weight is 412 g/mol. The molecular formula is C16H12Br2O3. The molecule has 0 aliphatic heterocycles. The molecule has 0 aliphatic carbocycles. The average Bonchev–Trinajstić information content (AvgIpc) is 2.48. The number of allylic oxidation sites excluding steroid dienone is 1. The van der Waals surface area contributed by atoms with Crippen molar-refractivity contribution in [3.63, 3.8) is 0 Å². The number of halogens is 2. The van der Waals surface area contributed by atoms with Crippen LogP contribution in [0.5, 0.6) is 11.5 Å². The van der Waals surface area contributed by atoms with Gasteiger partial charge in [0.05, 0.1) is 7.11 Å². The molecule has 0 bridgehead atoms. The summed E-state index contributed by atoms with van der Waals surface area (Å²) in [5.74, 6) is 0.210. The topological polar surface area (TPSA) is 46.5 Å². The highest BCUT2D eigenvalue weighted by Crippen LogP contribution is 2.34. The zero-order valence-corrected chi connectivity index (χ0v) is 14.3. The molecule has 0 atom stereocenters. The van der Waals surface area contributed by atoms with Gasteiger partial charge >= 0.3 is 0 Å². The molecule has 0 heterocycles. The molecule has 0 radical (unpaired) electrons. The maximum Gasteiger partial charge on any atom is 0.185 e. The predicted octanol–water partition coefficient (Wildman–Crippen LogP) is 4.82. The molecule has 108 valence electrons. The lowest BCUT2D eigenvalue weighted by Crippen LogP contribution is -1.93. The van der Waals surface area contributed by atoms with E-state index in [1.54, 1.807) is 42.5 Å². The number of benzene rings is 2. The van der Waals surface area contributed by atoms with Crippen molar-refractivity contribution in [2.24, 2.45) is 0 Å². The number of rotatable bonds is 4. The Balaban J connectivity index is 2.27. The van der Waals surface area contributed by atoms with Gasteiger partial charge in [-0.05, 0) is 48.6 Å². The van der Waals surface area contributed by atoms with Crippen LogP contribution in [0.3, 0.4) is 0 Å². The summed E-state index contributed by atoms with van der Waals surface area (Å²) in [5, 5.41) is 10.0. The van der Waals surface area contributed by atoms with Crippen molar-refractivity contribution in [2.75, 3.05) is 7.11 Å². The first kappa shape index (κ1) is 15.8. The highest BCUT2D eigenvalue weighted by Gasteiger charge is 2.08. The SMILES string of the molecule is COc1cc(Br)cc(/C=C/C(=O)c2ccc(Br)cc2)c1O. The third-order valence-electron chi connectivity index (χ3n) is 2.83. The van der Waals surface area contributed by atoms with Crippen LogP contribution in [-0.2, 0) is 0 Å². The summed E-state index contributed by atoms with van der Waals surface area (Å²) in [6.45, 7) is 0. The van der Waals surface area contributed by atoms with Crippen molar-refractivity contribution >= 4 is 43.7 Å². The summed E-state index contributed by atoms with van der Waals surface area (Å²) in [6, 6.07) is 10.4. The molecule has 1 N–H and O–H groups in total. The molecule has 0 fully saturated rings. The number of ether oxygens (including phenoxy) is 1. The second-order valence-corrected chi connectivity index (χ2v) is 6.08. The van der Waals surface area contributed by atoms with Crippen molar-refractivity contribution in [1.82, 2.24) is 0 Å². The summed E-state index contributed by atoms with van der Waals surface area (Å²) in [4.78, 5) is 12.1. The first-order valence-corrected chi connectivity index (χ1v) is 7.64. The number of hydrogen-bond acceptors (Lipinski definition) is 3.